The molecule has 0 aromatic carbocycles. The highest BCUT2D eigenvalue weighted by Gasteiger charge is 1.89. The molecule has 0 saturated carbocycles. The molecule has 0 rings (SSSR count). The van der Waals surface area contributed by atoms with Crippen molar-refractivity contribution in [2.24, 2.45) is 0 Å². The Bertz CT molecular complexity index is 8.66. The standard InChI is InChI=1S/HIO3.H2O2/c2-1(3)4;1-2/h2H;1-2H. The van der Waals surface area contributed by atoms with Crippen LogP contribution in [0.4, 0.5) is 0 Å². The van der Waals surface area contributed by atoms with Gasteiger partial charge in [0.1, 0.15) is 0 Å². The summed E-state index contributed by atoms with van der Waals surface area (Å²) >= 11 is -3.76. The van der Waals surface area contributed by atoms with Crippen molar-refractivity contribution in [1.82, 2.24) is 0 Å². The lowest BCUT2D eigenvalue weighted by molar-refractivity contribution is -1.63. The van der Waals surface area contributed by atoms with Crippen LogP contribution in [0.3, 0.4) is 0 Å². The van der Waals surface area contributed by atoms with E-state index in [0.29, 0.717) is 0 Å². The van der Waals surface area contributed by atoms with E-state index in [9.17, 15) is 0 Å². The Labute approximate surface area is 42.4 Å². The maximum Gasteiger partial charge on any atom is 0.503 e. The van der Waals surface area contributed by atoms with Gasteiger partial charge in [-0.05, 0) is 3.44 Å². The van der Waals surface area contributed by atoms with Crippen molar-refractivity contribution in [3.8, 4) is 0 Å². The van der Waals surface area contributed by atoms with Gasteiger partial charge in [-0.25, -0.2) is 0 Å². The summed E-state index contributed by atoms with van der Waals surface area (Å²) in [5.74, 6) is 0. The Kier molecular flexibility index (Phi) is 14.8. The summed E-state index contributed by atoms with van der Waals surface area (Å²) in [4.78, 5) is 0. The van der Waals surface area contributed by atoms with Crippen molar-refractivity contribution < 1.29 is 41.9 Å². The van der Waals surface area contributed by atoms with E-state index in [4.69, 9.17) is 20.8 Å². The summed E-state index contributed by atoms with van der Waals surface area (Å²) in [6.45, 7) is 0. The van der Waals surface area contributed by atoms with Gasteiger partial charge in [0.05, 0.1) is 0 Å². The van der Waals surface area contributed by atoms with Gasteiger partial charge in [0.15, 0.2) is 0 Å². The van der Waals surface area contributed by atoms with Crippen LogP contribution in [0.5, 0.6) is 0 Å². The molecular weight excluding hydrogens is 207 g/mol. The van der Waals surface area contributed by atoms with E-state index < -0.39 is 21.1 Å². The topological polar surface area (TPSA) is 107 Å². The average molecular weight is 210 g/mol. The summed E-state index contributed by atoms with van der Waals surface area (Å²) in [5, 5.41) is 12.0. The number of rotatable bonds is 0. The van der Waals surface area contributed by atoms with Crippen LogP contribution in [0.1, 0.15) is 0 Å². The lowest BCUT2D eigenvalue weighted by Crippen LogP contribution is -3.98. The van der Waals surface area contributed by atoms with Crippen molar-refractivity contribution >= 4 is 0 Å². The summed E-state index contributed by atoms with van der Waals surface area (Å²) < 4.78 is 24.5. The normalized spacial score (nSPS) is 7.00. The zero-order valence-electron chi connectivity index (χ0n) is 2.54. The fraction of sp³-hybridized carbons (Fsp3) is 0. The van der Waals surface area contributed by atoms with Gasteiger partial charge >= 0.3 is 21.1 Å². The minimum atomic E-state index is -3.76. The first-order chi connectivity index (χ1) is 2.73. The maximum atomic E-state index is 8.68. The van der Waals surface area contributed by atoms with Crippen LogP contribution in [-0.2, 0) is 0 Å². The van der Waals surface area contributed by atoms with Gasteiger partial charge in [-0.1, -0.05) is 0 Å². The summed E-state index contributed by atoms with van der Waals surface area (Å²) in [5.41, 5.74) is 0. The third-order valence-electron chi connectivity index (χ3n) is 0. The molecule has 0 radical (unpaired) electrons. The van der Waals surface area contributed by atoms with Gasteiger partial charge < -0.3 is 6.87 Å². The molecule has 5 nitrogen and oxygen atoms in total. The van der Waals surface area contributed by atoms with Crippen molar-refractivity contribution in [2.75, 3.05) is 0 Å². The molecule has 0 atom stereocenters. The molecule has 0 heterocycles. The Morgan fingerprint density at radius 2 is 1.17 bits per heavy atom. The quantitative estimate of drug-likeness (QED) is 0.209. The second-order valence-electron chi connectivity index (χ2n) is 0.201. The SMILES string of the molecule is OO.[O-][I+2]([O-])O. The summed E-state index contributed by atoms with van der Waals surface area (Å²) in [6.07, 6.45) is 0. The van der Waals surface area contributed by atoms with E-state index in [2.05, 4.69) is 0 Å². The lowest BCUT2D eigenvalue weighted by atomic mass is 15.0. The van der Waals surface area contributed by atoms with Gasteiger partial charge in [0.25, 0.3) is 0 Å². The second kappa shape index (κ2) is 9.11. The van der Waals surface area contributed by atoms with Crippen molar-refractivity contribution in [1.29, 1.82) is 0 Å². The molecule has 0 aliphatic heterocycles. The highest BCUT2D eigenvalue weighted by atomic mass is 127. The van der Waals surface area contributed by atoms with E-state index in [0.717, 1.165) is 0 Å². The zero-order valence-corrected chi connectivity index (χ0v) is 4.69. The molecule has 0 aromatic heterocycles. The third kappa shape index (κ3) is 201. The molecule has 3 N–H and O–H groups in total. The van der Waals surface area contributed by atoms with E-state index in [1.807, 2.05) is 0 Å². The predicted octanol–water partition coefficient (Wildman–Crippen LogP) is -5.91. The molecule has 0 saturated heterocycles. The van der Waals surface area contributed by atoms with E-state index in [-0.39, 0.29) is 0 Å². The van der Waals surface area contributed by atoms with Crippen LogP contribution in [0.25, 0.3) is 0 Å². The van der Waals surface area contributed by atoms with Gasteiger partial charge in [-0.3, -0.25) is 10.5 Å². The Morgan fingerprint density at radius 1 is 1.17 bits per heavy atom. The molecule has 0 spiro atoms. The monoisotopic (exact) mass is 210 g/mol. The van der Waals surface area contributed by atoms with Gasteiger partial charge in [0.2, 0.25) is 0 Å². The third-order valence-corrected chi connectivity index (χ3v) is 0. The molecule has 0 bridgehead atoms. The van der Waals surface area contributed by atoms with E-state index in [1.54, 1.807) is 0 Å². The fourth-order valence-electron chi connectivity index (χ4n) is 0. The fourth-order valence-corrected chi connectivity index (χ4v) is 0. The van der Waals surface area contributed by atoms with Gasteiger partial charge in [0, 0.05) is 0 Å². The highest BCUT2D eigenvalue weighted by molar-refractivity contribution is 1.94. The second-order valence-corrected chi connectivity index (χ2v) is 1.35. The van der Waals surface area contributed by atoms with Crippen LogP contribution < -0.4 is 27.9 Å². The van der Waals surface area contributed by atoms with Gasteiger partial charge in [-0.15, -0.1) is 0 Å². The van der Waals surface area contributed by atoms with Crippen molar-refractivity contribution in [2.45, 2.75) is 0 Å². The van der Waals surface area contributed by atoms with Crippen LogP contribution in [0.2, 0.25) is 0 Å². The maximum absolute atomic E-state index is 8.68. The minimum absolute atomic E-state index is 3.76. The largest absolute Gasteiger partial charge is 0.503 e. The van der Waals surface area contributed by atoms with E-state index in [1.165, 1.54) is 0 Å². The first-order valence-electron chi connectivity index (χ1n) is 0.678. The van der Waals surface area contributed by atoms with Crippen LogP contribution in [0, 0.1) is 0 Å². The van der Waals surface area contributed by atoms with Crippen LogP contribution in [-0.4, -0.2) is 14.0 Å². The van der Waals surface area contributed by atoms with Crippen molar-refractivity contribution in [3.63, 3.8) is 0 Å². The molecule has 6 heteroatoms. The smallest absolute Gasteiger partial charge is 0.396 e. The first-order valence-corrected chi connectivity index (χ1v) is 3.40. The summed E-state index contributed by atoms with van der Waals surface area (Å²) in [7, 11) is 0. The molecule has 0 unspecified atom stereocenters. The lowest BCUT2D eigenvalue weighted by Gasteiger charge is -1.67. The average Bonchev–Trinajstić information content (AvgIpc) is 1.41. The van der Waals surface area contributed by atoms with Crippen molar-refractivity contribution in [3.05, 3.63) is 0 Å². The summed E-state index contributed by atoms with van der Waals surface area (Å²) in [6, 6.07) is 0. The number of halogens is 1. The van der Waals surface area contributed by atoms with Crippen LogP contribution in [0.15, 0.2) is 0 Å². The molecule has 0 aliphatic rings. The van der Waals surface area contributed by atoms with Crippen LogP contribution >= 0.6 is 0 Å². The minimum Gasteiger partial charge on any atom is -0.396 e. The Balaban J connectivity index is 0. The zero-order chi connectivity index (χ0) is 5.58. The Morgan fingerprint density at radius 3 is 1.17 bits per heavy atom. The molecule has 0 aromatic rings. The predicted molar refractivity (Wildman–Crippen MR) is 7.48 cm³/mol. The molecule has 0 aliphatic carbocycles. The molecule has 6 heavy (non-hydrogen) atoms. The molecule has 0 fully saturated rings. The van der Waals surface area contributed by atoms with E-state index >= 15 is 0 Å². The molecular formula is H3IO5. The first kappa shape index (κ1) is 9.73. The molecule has 40 valence electrons. The number of hydrogen-bond donors (Lipinski definition) is 3. The number of hydrogen-bond acceptors (Lipinski definition) is 5. The Hall–Kier alpha value is 0.530. The molecule has 0 amide bonds. The highest BCUT2D eigenvalue weighted by Crippen LogP contribution is 0.711. The van der Waals surface area contributed by atoms with Gasteiger partial charge in [-0.2, -0.15) is 0 Å².